The van der Waals surface area contributed by atoms with Crippen molar-refractivity contribution in [1.29, 1.82) is 0 Å². The Bertz CT molecular complexity index is 1090. The van der Waals surface area contributed by atoms with Crippen molar-refractivity contribution in [2.45, 2.75) is 25.4 Å². The quantitative estimate of drug-likeness (QED) is 0.478. The van der Waals surface area contributed by atoms with Crippen molar-refractivity contribution in [3.8, 4) is 0 Å². The van der Waals surface area contributed by atoms with E-state index in [1.165, 1.54) is 12.1 Å². The molecule has 1 aliphatic rings. The zero-order valence-corrected chi connectivity index (χ0v) is 18.9. The van der Waals surface area contributed by atoms with Gasteiger partial charge in [-0.2, -0.15) is 0 Å². The summed E-state index contributed by atoms with van der Waals surface area (Å²) in [6, 6.07) is 17.8. The SMILES string of the molecule is O=C(NCc1ccncc1)c1ccccc1N1CCC(NC(=S)Nc2ccc(F)cc2)CC1. The first-order chi connectivity index (χ1) is 16.1. The van der Waals surface area contributed by atoms with Crippen LogP contribution in [0.15, 0.2) is 73.1 Å². The second-order valence-electron chi connectivity index (χ2n) is 7.92. The van der Waals surface area contributed by atoms with Crippen LogP contribution in [0.1, 0.15) is 28.8 Å². The number of amides is 1. The lowest BCUT2D eigenvalue weighted by Crippen LogP contribution is -2.46. The van der Waals surface area contributed by atoms with Crippen molar-refractivity contribution in [2.75, 3.05) is 23.3 Å². The number of carbonyl (C=O) groups excluding carboxylic acids is 1. The van der Waals surface area contributed by atoms with Gasteiger partial charge in [0.15, 0.2) is 5.11 Å². The minimum absolute atomic E-state index is 0.0904. The molecule has 4 rings (SSSR count). The molecule has 0 atom stereocenters. The van der Waals surface area contributed by atoms with Gasteiger partial charge in [-0.25, -0.2) is 4.39 Å². The van der Waals surface area contributed by atoms with Crippen LogP contribution in [0.25, 0.3) is 0 Å². The van der Waals surface area contributed by atoms with Crippen LogP contribution in [-0.2, 0) is 6.54 Å². The van der Waals surface area contributed by atoms with Crippen LogP contribution in [0.5, 0.6) is 0 Å². The van der Waals surface area contributed by atoms with E-state index < -0.39 is 0 Å². The molecule has 1 fully saturated rings. The molecular weight excluding hydrogens is 437 g/mol. The molecule has 0 spiro atoms. The summed E-state index contributed by atoms with van der Waals surface area (Å²) in [6.07, 6.45) is 5.21. The number of hydrogen-bond donors (Lipinski definition) is 3. The number of nitrogens with one attached hydrogen (secondary N) is 3. The molecule has 0 aliphatic carbocycles. The Morgan fingerprint density at radius 3 is 2.45 bits per heavy atom. The maximum Gasteiger partial charge on any atom is 0.253 e. The molecule has 1 aliphatic heterocycles. The van der Waals surface area contributed by atoms with Crippen molar-refractivity contribution < 1.29 is 9.18 Å². The van der Waals surface area contributed by atoms with E-state index >= 15 is 0 Å². The fraction of sp³-hybridized carbons (Fsp3) is 0.240. The summed E-state index contributed by atoms with van der Waals surface area (Å²) in [5, 5.41) is 9.97. The predicted octanol–water partition coefficient (Wildman–Crippen LogP) is 4.11. The van der Waals surface area contributed by atoms with Crippen LogP contribution < -0.4 is 20.9 Å². The molecule has 33 heavy (non-hydrogen) atoms. The van der Waals surface area contributed by atoms with Crippen LogP contribution >= 0.6 is 12.2 Å². The van der Waals surface area contributed by atoms with Crippen molar-refractivity contribution >= 4 is 34.6 Å². The lowest BCUT2D eigenvalue weighted by atomic mass is 10.0. The molecule has 1 saturated heterocycles. The number of thiocarbonyl (C=S) groups is 1. The van der Waals surface area contributed by atoms with Gasteiger partial charge in [-0.3, -0.25) is 9.78 Å². The van der Waals surface area contributed by atoms with Gasteiger partial charge in [0, 0.05) is 49.4 Å². The van der Waals surface area contributed by atoms with E-state index in [0.717, 1.165) is 42.9 Å². The third kappa shape index (κ3) is 6.26. The van der Waals surface area contributed by atoms with E-state index in [4.69, 9.17) is 12.2 Å². The number of nitrogens with zero attached hydrogens (tertiary/aromatic N) is 2. The smallest absolute Gasteiger partial charge is 0.253 e. The molecule has 0 radical (unpaired) electrons. The van der Waals surface area contributed by atoms with Crippen molar-refractivity contribution in [3.05, 3.63) is 90.0 Å². The second-order valence-corrected chi connectivity index (χ2v) is 8.33. The minimum Gasteiger partial charge on any atom is -0.371 e. The number of piperidine rings is 1. The first-order valence-corrected chi connectivity index (χ1v) is 11.3. The van der Waals surface area contributed by atoms with Crippen LogP contribution in [-0.4, -0.2) is 35.1 Å². The van der Waals surface area contributed by atoms with Gasteiger partial charge < -0.3 is 20.9 Å². The molecule has 3 aromatic rings. The molecule has 2 heterocycles. The maximum atomic E-state index is 13.1. The van der Waals surface area contributed by atoms with Crippen molar-refractivity contribution in [3.63, 3.8) is 0 Å². The van der Waals surface area contributed by atoms with Gasteiger partial charge >= 0.3 is 0 Å². The van der Waals surface area contributed by atoms with E-state index in [1.807, 2.05) is 36.4 Å². The molecule has 2 aromatic carbocycles. The standard InChI is InChI=1S/C25H26FN5OS/c26-19-5-7-20(8-6-19)29-25(33)30-21-11-15-31(16-12-21)23-4-2-1-3-22(23)24(32)28-17-18-9-13-27-14-10-18/h1-10,13-14,21H,11-12,15-17H2,(H,28,32)(H2,29,30,33). The molecule has 0 unspecified atom stereocenters. The second kappa shape index (κ2) is 10.9. The average Bonchev–Trinajstić information content (AvgIpc) is 2.85. The van der Waals surface area contributed by atoms with Gasteiger partial charge in [-0.05, 0) is 79.2 Å². The monoisotopic (exact) mass is 463 g/mol. The summed E-state index contributed by atoms with van der Waals surface area (Å²) >= 11 is 5.41. The van der Waals surface area contributed by atoms with Gasteiger partial charge in [0.2, 0.25) is 0 Å². The van der Waals surface area contributed by atoms with Gasteiger partial charge in [0.25, 0.3) is 5.91 Å². The third-order valence-electron chi connectivity index (χ3n) is 5.62. The number of anilines is 2. The minimum atomic E-state index is -0.280. The molecule has 8 heteroatoms. The normalized spacial score (nSPS) is 13.9. The number of benzene rings is 2. The molecule has 170 valence electrons. The Hall–Kier alpha value is -3.52. The van der Waals surface area contributed by atoms with Crippen LogP contribution in [0.3, 0.4) is 0 Å². The highest BCUT2D eigenvalue weighted by Crippen LogP contribution is 2.24. The molecule has 0 bridgehead atoms. The van der Waals surface area contributed by atoms with Gasteiger partial charge in [0.05, 0.1) is 5.56 Å². The van der Waals surface area contributed by atoms with E-state index in [9.17, 15) is 9.18 Å². The fourth-order valence-corrected chi connectivity index (χ4v) is 4.15. The Morgan fingerprint density at radius 2 is 1.73 bits per heavy atom. The summed E-state index contributed by atoms with van der Waals surface area (Å²) in [5.41, 5.74) is 3.37. The Morgan fingerprint density at radius 1 is 1.03 bits per heavy atom. The summed E-state index contributed by atoms with van der Waals surface area (Å²) in [6.45, 7) is 2.08. The summed E-state index contributed by atoms with van der Waals surface area (Å²) in [4.78, 5) is 19.1. The molecular formula is C25H26FN5OS. The molecule has 3 N–H and O–H groups in total. The number of aromatic nitrogens is 1. The number of hydrogen-bond acceptors (Lipinski definition) is 4. The largest absolute Gasteiger partial charge is 0.371 e. The van der Waals surface area contributed by atoms with Gasteiger partial charge in [-0.1, -0.05) is 12.1 Å². The summed E-state index contributed by atoms with van der Waals surface area (Å²) in [7, 11) is 0. The first-order valence-electron chi connectivity index (χ1n) is 10.9. The molecule has 1 amide bonds. The highest BCUT2D eigenvalue weighted by Gasteiger charge is 2.23. The number of para-hydroxylation sites is 1. The number of halogens is 1. The lowest BCUT2D eigenvalue weighted by molar-refractivity contribution is 0.0951. The van der Waals surface area contributed by atoms with E-state index in [0.29, 0.717) is 17.2 Å². The number of rotatable bonds is 6. The average molecular weight is 464 g/mol. The van der Waals surface area contributed by atoms with Crippen LogP contribution in [0.2, 0.25) is 0 Å². The predicted molar refractivity (Wildman–Crippen MR) is 133 cm³/mol. The fourth-order valence-electron chi connectivity index (χ4n) is 3.87. The maximum absolute atomic E-state index is 13.1. The van der Waals surface area contributed by atoms with Crippen LogP contribution in [0.4, 0.5) is 15.8 Å². The Balaban J connectivity index is 1.31. The Kier molecular flexibility index (Phi) is 7.47. The first kappa shape index (κ1) is 22.7. The van der Waals surface area contributed by atoms with E-state index in [-0.39, 0.29) is 17.8 Å². The zero-order chi connectivity index (χ0) is 23.0. The van der Waals surface area contributed by atoms with Gasteiger partial charge in [0.1, 0.15) is 5.82 Å². The molecule has 0 saturated carbocycles. The number of pyridine rings is 1. The topological polar surface area (TPSA) is 69.3 Å². The van der Waals surface area contributed by atoms with Crippen molar-refractivity contribution in [2.24, 2.45) is 0 Å². The highest BCUT2D eigenvalue weighted by atomic mass is 32.1. The van der Waals surface area contributed by atoms with E-state index in [1.54, 1.807) is 24.5 Å². The molecule has 1 aromatic heterocycles. The van der Waals surface area contributed by atoms with Crippen molar-refractivity contribution in [1.82, 2.24) is 15.6 Å². The van der Waals surface area contributed by atoms with Gasteiger partial charge in [-0.15, -0.1) is 0 Å². The molecule has 6 nitrogen and oxygen atoms in total. The number of carbonyl (C=O) groups is 1. The summed E-state index contributed by atoms with van der Waals surface area (Å²) in [5.74, 6) is -0.370. The lowest BCUT2D eigenvalue weighted by Gasteiger charge is -2.35. The van der Waals surface area contributed by atoms with Crippen LogP contribution in [0, 0.1) is 5.82 Å². The van der Waals surface area contributed by atoms with E-state index in [2.05, 4.69) is 25.8 Å². The zero-order valence-electron chi connectivity index (χ0n) is 18.1. The third-order valence-corrected chi connectivity index (χ3v) is 5.84. The summed E-state index contributed by atoms with van der Waals surface area (Å²) < 4.78 is 13.1. The Labute approximate surface area is 198 Å². The highest BCUT2D eigenvalue weighted by molar-refractivity contribution is 7.80.